The number of hydrogen-bond acceptors (Lipinski definition) is 6. The molecule has 0 aromatic heterocycles. The fourth-order valence-electron chi connectivity index (χ4n) is 1.12. The van der Waals surface area contributed by atoms with E-state index in [1.807, 2.05) is 0 Å². The molecule has 0 unspecified atom stereocenters. The van der Waals surface area contributed by atoms with Crippen molar-refractivity contribution in [3.63, 3.8) is 0 Å². The molecule has 0 aromatic rings. The molecule has 1 aliphatic rings. The van der Waals surface area contributed by atoms with Crippen LogP contribution in [0.2, 0.25) is 0 Å². The van der Waals surface area contributed by atoms with Gasteiger partial charge in [-0.3, -0.25) is 0 Å². The Bertz CT molecular complexity index is 360. The molecule has 84 valence electrons. The third-order valence-electron chi connectivity index (χ3n) is 1.83. The van der Waals surface area contributed by atoms with Crippen molar-refractivity contribution in [2.45, 2.75) is 0 Å². The average Bonchev–Trinajstić information content (AvgIpc) is 2.01. The molecule has 0 saturated carbocycles. The van der Waals surface area contributed by atoms with E-state index in [1.165, 1.54) is 0 Å². The standard InChI is InChI=1S/C4H10N2O6S2.2K/c7-13(8,9)5-1-2-6(4-3-5)14(10,11)12;;/h1-4H2,(H,7,8,9)(H,10,11,12);;/q;2*+1/p-2. The molecule has 0 radical (unpaired) electrons. The Morgan fingerprint density at radius 3 is 1.00 bits per heavy atom. The van der Waals surface area contributed by atoms with E-state index in [-0.39, 0.29) is 129 Å². The van der Waals surface area contributed by atoms with Gasteiger partial charge in [-0.25, -0.2) is 25.4 Å². The molecule has 1 saturated heterocycles. The summed E-state index contributed by atoms with van der Waals surface area (Å²) < 4.78 is 64.0. The van der Waals surface area contributed by atoms with Crippen LogP contribution in [-0.4, -0.2) is 60.7 Å². The van der Waals surface area contributed by atoms with E-state index in [4.69, 9.17) is 0 Å². The van der Waals surface area contributed by atoms with Crippen LogP contribution in [-0.2, 0) is 20.6 Å². The van der Waals surface area contributed by atoms with E-state index >= 15 is 0 Å². The van der Waals surface area contributed by atoms with E-state index in [0.29, 0.717) is 8.61 Å². The molecule has 0 aromatic carbocycles. The summed E-state index contributed by atoms with van der Waals surface area (Å²) in [4.78, 5) is 0. The van der Waals surface area contributed by atoms with Crippen LogP contribution in [0.1, 0.15) is 0 Å². The van der Waals surface area contributed by atoms with Crippen LogP contribution in [0.15, 0.2) is 0 Å². The Labute approximate surface area is 180 Å². The minimum Gasteiger partial charge on any atom is -0.735 e. The van der Waals surface area contributed by atoms with Gasteiger partial charge in [0.2, 0.25) is 0 Å². The van der Waals surface area contributed by atoms with Crippen LogP contribution >= 0.6 is 0 Å². The Kier molecular flexibility index (Phi) is 11.1. The molecule has 12 heteroatoms. The third kappa shape index (κ3) is 6.97. The predicted octanol–water partition coefficient (Wildman–Crippen LogP) is -8.47. The number of hydrogen-bond donors (Lipinski definition) is 0. The predicted molar refractivity (Wildman–Crippen MR) is 42.5 cm³/mol. The van der Waals surface area contributed by atoms with Crippen molar-refractivity contribution in [2.75, 3.05) is 26.2 Å². The molecule has 0 amide bonds. The molecular formula is C4H8K2N2O6S2. The maximum atomic E-state index is 10.5. The minimum atomic E-state index is -4.53. The van der Waals surface area contributed by atoms with Crippen LogP contribution in [0, 0.1) is 0 Å². The molecule has 1 rings (SSSR count). The summed E-state index contributed by atoms with van der Waals surface area (Å²) >= 11 is 0. The average molecular weight is 322 g/mol. The molecule has 0 atom stereocenters. The van der Waals surface area contributed by atoms with Crippen molar-refractivity contribution in [1.82, 2.24) is 8.61 Å². The van der Waals surface area contributed by atoms with Gasteiger partial charge in [-0.1, -0.05) is 0 Å². The van der Waals surface area contributed by atoms with Crippen molar-refractivity contribution in [1.29, 1.82) is 0 Å². The normalized spacial score (nSPS) is 19.6. The fourth-order valence-corrected chi connectivity index (χ4v) is 2.34. The topological polar surface area (TPSA) is 121 Å². The van der Waals surface area contributed by atoms with Gasteiger partial charge in [-0.15, -0.1) is 0 Å². The van der Waals surface area contributed by atoms with Crippen molar-refractivity contribution in [3.8, 4) is 0 Å². The minimum absolute atomic E-state index is 0. The van der Waals surface area contributed by atoms with Gasteiger partial charge in [0.05, 0.1) is 0 Å². The zero-order valence-corrected chi connectivity index (χ0v) is 16.9. The van der Waals surface area contributed by atoms with E-state index in [9.17, 15) is 25.9 Å². The summed E-state index contributed by atoms with van der Waals surface area (Å²) in [5, 5.41) is 0. The van der Waals surface area contributed by atoms with Crippen LogP contribution in [0.4, 0.5) is 0 Å². The van der Waals surface area contributed by atoms with E-state index < -0.39 is 20.6 Å². The second-order valence-corrected chi connectivity index (χ2v) is 5.46. The Morgan fingerprint density at radius 2 is 0.875 bits per heavy atom. The van der Waals surface area contributed by atoms with Crippen LogP contribution in [0.3, 0.4) is 0 Å². The molecule has 1 heterocycles. The first-order chi connectivity index (χ1) is 6.21. The van der Waals surface area contributed by atoms with E-state index in [0.717, 1.165) is 0 Å². The third-order valence-corrected chi connectivity index (χ3v) is 3.83. The van der Waals surface area contributed by atoms with Crippen molar-refractivity contribution < 1.29 is 129 Å². The van der Waals surface area contributed by atoms with Crippen LogP contribution < -0.4 is 103 Å². The summed E-state index contributed by atoms with van der Waals surface area (Å²) in [6.45, 7) is -1.08. The summed E-state index contributed by atoms with van der Waals surface area (Å²) in [6, 6.07) is 0. The zero-order chi connectivity index (χ0) is 11.0. The van der Waals surface area contributed by atoms with Gasteiger partial charge in [-0.2, -0.15) is 0 Å². The number of rotatable bonds is 2. The molecule has 0 aliphatic carbocycles. The van der Waals surface area contributed by atoms with Gasteiger partial charge >= 0.3 is 103 Å². The van der Waals surface area contributed by atoms with Crippen molar-refractivity contribution in [2.24, 2.45) is 0 Å². The molecule has 16 heavy (non-hydrogen) atoms. The van der Waals surface area contributed by atoms with Gasteiger partial charge in [0.1, 0.15) is 0 Å². The van der Waals surface area contributed by atoms with Gasteiger partial charge in [0.25, 0.3) is 0 Å². The van der Waals surface area contributed by atoms with Gasteiger partial charge in [0.15, 0.2) is 20.6 Å². The van der Waals surface area contributed by atoms with Crippen molar-refractivity contribution in [3.05, 3.63) is 0 Å². The summed E-state index contributed by atoms with van der Waals surface area (Å²) in [6.07, 6.45) is 0. The first-order valence-corrected chi connectivity index (χ1v) is 6.36. The quantitative estimate of drug-likeness (QED) is 0.368. The van der Waals surface area contributed by atoms with E-state index in [2.05, 4.69) is 0 Å². The Balaban J connectivity index is 0. The number of nitrogens with zero attached hydrogens (tertiary/aromatic N) is 2. The summed E-state index contributed by atoms with van der Waals surface area (Å²) in [7, 11) is -9.07. The van der Waals surface area contributed by atoms with Crippen LogP contribution in [0.5, 0.6) is 0 Å². The van der Waals surface area contributed by atoms with E-state index in [1.54, 1.807) is 0 Å². The maximum Gasteiger partial charge on any atom is 1.00 e. The molecule has 0 bridgehead atoms. The monoisotopic (exact) mass is 322 g/mol. The SMILES string of the molecule is O=S(=O)([O-])N1CCN(S(=O)(=O)[O-])CC1.[K+].[K+]. The van der Waals surface area contributed by atoms with Crippen LogP contribution in [0.25, 0.3) is 0 Å². The smallest absolute Gasteiger partial charge is 0.735 e. The first kappa shape index (κ1) is 21.3. The molecule has 1 fully saturated rings. The molecule has 1 aliphatic heterocycles. The molecule has 8 nitrogen and oxygen atoms in total. The summed E-state index contributed by atoms with van der Waals surface area (Å²) in [5.41, 5.74) is 0. The van der Waals surface area contributed by atoms with Crippen molar-refractivity contribution >= 4 is 20.6 Å². The van der Waals surface area contributed by atoms with Gasteiger partial charge in [0, 0.05) is 26.2 Å². The molecule has 0 N–H and O–H groups in total. The summed E-state index contributed by atoms with van der Waals surface area (Å²) in [5.74, 6) is 0. The first-order valence-electron chi connectivity index (χ1n) is 3.63. The Hall–Kier alpha value is 3.01. The number of piperazine rings is 1. The maximum absolute atomic E-state index is 10.5. The molecular weight excluding hydrogens is 314 g/mol. The zero-order valence-electron chi connectivity index (χ0n) is 8.99. The fraction of sp³-hybridized carbons (Fsp3) is 1.00. The second kappa shape index (κ2) is 8.33. The second-order valence-electron chi connectivity index (χ2n) is 2.71. The Morgan fingerprint density at radius 1 is 0.688 bits per heavy atom. The van der Waals surface area contributed by atoms with Gasteiger partial charge < -0.3 is 9.11 Å². The van der Waals surface area contributed by atoms with Gasteiger partial charge in [-0.05, 0) is 0 Å². The largest absolute Gasteiger partial charge is 1.00 e. The molecule has 0 spiro atoms.